The third kappa shape index (κ3) is 4.98. The summed E-state index contributed by atoms with van der Waals surface area (Å²) in [6.07, 6.45) is 0.438. The zero-order valence-electron chi connectivity index (χ0n) is 8.69. The van der Waals surface area contributed by atoms with E-state index in [2.05, 4.69) is 22.9 Å². The summed E-state index contributed by atoms with van der Waals surface area (Å²) >= 11 is 4.16. The maximum Gasteiger partial charge on any atom is 0.402 e. The Hall–Kier alpha value is 0.620. The van der Waals surface area contributed by atoms with Crippen molar-refractivity contribution in [3.8, 4) is 0 Å². The Morgan fingerprint density at radius 1 is 1.40 bits per heavy atom. The van der Waals surface area contributed by atoms with Gasteiger partial charge in [-0.2, -0.15) is 24.9 Å². The molecule has 0 N–H and O–H groups in total. The van der Waals surface area contributed by atoms with E-state index in [4.69, 9.17) is 0 Å². The van der Waals surface area contributed by atoms with E-state index in [-0.39, 0.29) is 5.75 Å². The highest BCUT2D eigenvalue weighted by molar-refractivity contribution is 9.09. The van der Waals surface area contributed by atoms with Crippen LogP contribution in [-0.4, -0.2) is 22.0 Å². The minimum Gasteiger partial charge on any atom is -0.170 e. The molecule has 15 heavy (non-hydrogen) atoms. The second kappa shape index (κ2) is 5.80. The molecule has 3 unspecified atom stereocenters. The van der Waals surface area contributed by atoms with Crippen molar-refractivity contribution in [2.24, 2.45) is 5.92 Å². The Bertz CT molecular complexity index is 196. The van der Waals surface area contributed by atoms with E-state index in [1.807, 2.05) is 0 Å². The lowest BCUT2D eigenvalue weighted by atomic mass is 9.91. The van der Waals surface area contributed by atoms with Crippen LogP contribution in [0.3, 0.4) is 0 Å². The van der Waals surface area contributed by atoms with Crippen molar-refractivity contribution in [3.63, 3.8) is 0 Å². The average molecular weight is 305 g/mol. The lowest BCUT2D eigenvalue weighted by molar-refractivity contribution is -0.122. The predicted octanol–water partition coefficient (Wildman–Crippen LogP) is 4.62. The summed E-state index contributed by atoms with van der Waals surface area (Å²) in [5.74, 6) is 0.817. The molecule has 3 atom stereocenters. The van der Waals surface area contributed by atoms with Crippen LogP contribution in [0.5, 0.6) is 0 Å². The molecule has 90 valence electrons. The first-order chi connectivity index (χ1) is 6.89. The maximum absolute atomic E-state index is 12.2. The molecule has 5 heteroatoms. The number of hydrogen-bond donors (Lipinski definition) is 0. The van der Waals surface area contributed by atoms with Crippen LogP contribution in [0.2, 0.25) is 0 Å². The molecule has 1 fully saturated rings. The molecule has 1 aliphatic rings. The Kier molecular flexibility index (Phi) is 5.29. The lowest BCUT2D eigenvalue weighted by Gasteiger charge is -2.27. The Morgan fingerprint density at radius 3 is 2.60 bits per heavy atom. The summed E-state index contributed by atoms with van der Waals surface area (Å²) in [5, 5.41) is 0.427. The normalized spacial score (nSPS) is 30.2. The van der Waals surface area contributed by atoms with E-state index in [1.54, 1.807) is 0 Å². The van der Waals surface area contributed by atoms with Gasteiger partial charge < -0.3 is 0 Å². The molecular formula is C10H16BrF3S. The zero-order chi connectivity index (χ0) is 11.5. The quantitative estimate of drug-likeness (QED) is 0.685. The van der Waals surface area contributed by atoms with Gasteiger partial charge in [0.15, 0.2) is 0 Å². The smallest absolute Gasteiger partial charge is 0.170 e. The van der Waals surface area contributed by atoms with Crippen LogP contribution in [0.25, 0.3) is 0 Å². The largest absolute Gasteiger partial charge is 0.402 e. The van der Waals surface area contributed by atoms with Gasteiger partial charge in [0.2, 0.25) is 0 Å². The maximum atomic E-state index is 12.2. The van der Waals surface area contributed by atoms with E-state index in [0.29, 0.717) is 11.2 Å². The zero-order valence-corrected chi connectivity index (χ0v) is 11.1. The van der Waals surface area contributed by atoms with Crippen molar-refractivity contribution in [2.45, 2.75) is 48.9 Å². The highest BCUT2D eigenvalue weighted by atomic mass is 79.9. The number of halogens is 4. The topological polar surface area (TPSA) is 0 Å². The van der Waals surface area contributed by atoms with Crippen molar-refractivity contribution in [1.82, 2.24) is 0 Å². The molecule has 0 nitrogen and oxygen atoms in total. The molecule has 0 aromatic rings. The predicted molar refractivity (Wildman–Crippen MR) is 62.6 cm³/mol. The van der Waals surface area contributed by atoms with E-state index in [9.17, 15) is 13.2 Å². The molecule has 0 spiro atoms. The van der Waals surface area contributed by atoms with Crippen LogP contribution >= 0.6 is 27.7 Å². The fraction of sp³-hybridized carbons (Fsp3) is 1.00. The molecule has 1 rings (SSSR count). The van der Waals surface area contributed by atoms with Crippen LogP contribution in [0.1, 0.15) is 32.6 Å². The minimum atomic E-state index is -4.10. The summed E-state index contributed by atoms with van der Waals surface area (Å²) in [4.78, 5) is -1.35. The first-order valence-corrected chi connectivity index (χ1v) is 7.18. The van der Waals surface area contributed by atoms with Crippen molar-refractivity contribution in [2.75, 3.05) is 5.75 Å². The summed E-state index contributed by atoms with van der Waals surface area (Å²) in [6.45, 7) is 2.18. The molecule has 0 aromatic heterocycles. The van der Waals surface area contributed by atoms with Gasteiger partial charge in [-0.3, -0.25) is 0 Å². The second-order valence-electron chi connectivity index (χ2n) is 4.24. The number of thioether (sulfide) groups is 1. The summed E-state index contributed by atoms with van der Waals surface area (Å²) in [6, 6.07) is 0. The molecule has 0 aromatic carbocycles. The van der Waals surface area contributed by atoms with Gasteiger partial charge in [-0.15, -0.1) is 0 Å². The van der Waals surface area contributed by atoms with Crippen LogP contribution < -0.4 is 0 Å². The Balaban J connectivity index is 2.24. The third-order valence-electron chi connectivity index (χ3n) is 2.72. The van der Waals surface area contributed by atoms with Gasteiger partial charge in [0, 0.05) is 11.0 Å². The third-order valence-corrected chi connectivity index (χ3v) is 5.42. The van der Waals surface area contributed by atoms with Crippen LogP contribution in [0.4, 0.5) is 13.2 Å². The summed E-state index contributed by atoms with van der Waals surface area (Å²) < 4.78 is 36.7. The minimum absolute atomic E-state index is 0.140. The SMILES string of the molecule is CC1CCCC(SCC(Br)C(F)(F)F)C1. The molecule has 1 saturated carbocycles. The van der Waals surface area contributed by atoms with Crippen LogP contribution in [0.15, 0.2) is 0 Å². The van der Waals surface area contributed by atoms with E-state index >= 15 is 0 Å². The summed E-state index contributed by atoms with van der Waals surface area (Å²) in [7, 11) is 0. The van der Waals surface area contributed by atoms with E-state index < -0.39 is 11.0 Å². The molecule has 0 saturated heterocycles. The van der Waals surface area contributed by atoms with E-state index in [0.717, 1.165) is 19.3 Å². The monoisotopic (exact) mass is 304 g/mol. The molecule has 0 aliphatic heterocycles. The summed E-state index contributed by atoms with van der Waals surface area (Å²) in [5.41, 5.74) is 0. The first kappa shape index (κ1) is 13.7. The number of rotatable bonds is 3. The first-order valence-electron chi connectivity index (χ1n) is 5.22. The van der Waals surface area contributed by atoms with Gasteiger partial charge >= 0.3 is 6.18 Å². The second-order valence-corrected chi connectivity index (χ2v) is 6.67. The molecular weight excluding hydrogens is 289 g/mol. The van der Waals surface area contributed by atoms with Gasteiger partial charge in [-0.05, 0) is 18.8 Å². The fourth-order valence-corrected chi connectivity index (χ4v) is 3.73. The van der Waals surface area contributed by atoms with Crippen molar-refractivity contribution < 1.29 is 13.2 Å². The molecule has 0 amide bonds. The van der Waals surface area contributed by atoms with E-state index in [1.165, 1.54) is 18.2 Å². The highest BCUT2D eigenvalue weighted by Gasteiger charge is 2.38. The Morgan fingerprint density at radius 2 is 2.07 bits per heavy atom. The van der Waals surface area contributed by atoms with Crippen LogP contribution in [-0.2, 0) is 0 Å². The molecule has 0 bridgehead atoms. The van der Waals surface area contributed by atoms with Gasteiger partial charge in [0.25, 0.3) is 0 Å². The molecule has 0 radical (unpaired) electrons. The average Bonchev–Trinajstić information content (AvgIpc) is 2.12. The molecule has 0 heterocycles. The highest BCUT2D eigenvalue weighted by Crippen LogP contribution is 2.35. The van der Waals surface area contributed by atoms with Crippen LogP contribution in [0, 0.1) is 5.92 Å². The van der Waals surface area contributed by atoms with Gasteiger partial charge in [-0.25, -0.2) is 0 Å². The lowest BCUT2D eigenvalue weighted by Crippen LogP contribution is -2.26. The van der Waals surface area contributed by atoms with Gasteiger partial charge in [0.1, 0.15) is 4.83 Å². The Labute approximate surface area is 102 Å². The molecule has 1 aliphatic carbocycles. The van der Waals surface area contributed by atoms with Gasteiger partial charge in [-0.1, -0.05) is 35.7 Å². The fourth-order valence-electron chi connectivity index (χ4n) is 1.84. The van der Waals surface area contributed by atoms with Gasteiger partial charge in [0.05, 0.1) is 0 Å². The van der Waals surface area contributed by atoms with Crippen molar-refractivity contribution in [3.05, 3.63) is 0 Å². The number of hydrogen-bond acceptors (Lipinski definition) is 1. The van der Waals surface area contributed by atoms with Crippen molar-refractivity contribution in [1.29, 1.82) is 0 Å². The van der Waals surface area contributed by atoms with Crippen molar-refractivity contribution >= 4 is 27.7 Å². The standard InChI is InChI=1S/C10H16BrF3S/c1-7-3-2-4-8(5-7)15-6-9(11)10(12,13)14/h7-9H,2-6H2,1H3. The number of alkyl halides is 4.